The van der Waals surface area contributed by atoms with Gasteiger partial charge in [0, 0.05) is 41.1 Å². The molecule has 0 spiro atoms. The number of carbonyl (C=O) groups excluding carboxylic acids is 1. The number of nitrogens with zero attached hydrogens (tertiary/aromatic N) is 3. The first-order valence-corrected chi connectivity index (χ1v) is 12.4. The molecule has 6 heteroatoms. The lowest BCUT2D eigenvalue weighted by Crippen LogP contribution is -2.24. The van der Waals surface area contributed by atoms with Gasteiger partial charge in [0.05, 0.1) is 5.52 Å². The van der Waals surface area contributed by atoms with Crippen LogP contribution in [0.2, 0.25) is 0 Å². The Bertz CT molecular complexity index is 1230. The topological polar surface area (TPSA) is 82.5 Å². The molecule has 1 amide bonds. The summed E-state index contributed by atoms with van der Waals surface area (Å²) in [5, 5.41) is 1.19. The highest BCUT2D eigenvalue weighted by Gasteiger charge is 2.18. The van der Waals surface area contributed by atoms with E-state index in [2.05, 4.69) is 47.5 Å². The van der Waals surface area contributed by atoms with Gasteiger partial charge in [-0.25, -0.2) is 4.79 Å². The molecule has 2 N–H and O–H groups in total. The minimum atomic E-state index is -0.687. The number of pyridine rings is 1. The molecule has 2 aromatic heterocycles. The van der Waals surface area contributed by atoms with Crippen LogP contribution in [0.5, 0.6) is 0 Å². The van der Waals surface area contributed by atoms with Gasteiger partial charge in [0.25, 0.3) is 0 Å². The van der Waals surface area contributed by atoms with Crippen LogP contribution >= 0.6 is 0 Å². The molecule has 2 heterocycles. The Morgan fingerprint density at radius 2 is 1.89 bits per heavy atom. The Morgan fingerprint density at radius 3 is 2.51 bits per heavy atom. The molecular weight excluding hydrogens is 436 g/mol. The Morgan fingerprint density at radius 1 is 1.17 bits per heavy atom. The molecule has 1 aromatic carbocycles. The molecule has 0 fully saturated rings. The van der Waals surface area contributed by atoms with Crippen molar-refractivity contribution in [3.8, 4) is 0 Å². The van der Waals surface area contributed by atoms with Crippen molar-refractivity contribution in [2.24, 2.45) is 10.7 Å². The van der Waals surface area contributed by atoms with Crippen molar-refractivity contribution in [3.05, 3.63) is 71.2 Å². The molecule has 3 rings (SSSR count). The van der Waals surface area contributed by atoms with Crippen LogP contribution in [-0.4, -0.2) is 27.1 Å². The molecule has 0 radical (unpaired) electrons. The lowest BCUT2D eigenvalue weighted by atomic mass is 9.97. The molecule has 6 nitrogen and oxygen atoms in total. The number of unbranched alkanes of at least 4 members (excludes halogenated alkanes) is 2. The van der Waals surface area contributed by atoms with Crippen LogP contribution in [0.3, 0.4) is 0 Å². The monoisotopic (exact) mass is 474 g/mol. The fraction of sp³-hybridized carbons (Fsp3) is 0.414. The van der Waals surface area contributed by atoms with E-state index in [9.17, 15) is 4.79 Å². The molecular formula is C29H38N4O2. The average molecular weight is 475 g/mol. The molecule has 0 atom stereocenters. The largest absolute Gasteiger partial charge is 0.442 e. The highest BCUT2D eigenvalue weighted by Crippen LogP contribution is 2.34. The van der Waals surface area contributed by atoms with E-state index in [-0.39, 0.29) is 5.84 Å². The Balaban J connectivity index is 1.87. The van der Waals surface area contributed by atoms with Crippen LogP contribution < -0.4 is 5.73 Å². The highest BCUT2D eigenvalue weighted by molar-refractivity contribution is 6.02. The van der Waals surface area contributed by atoms with E-state index in [0.717, 1.165) is 18.5 Å². The second kappa shape index (κ2) is 11.3. The number of amides is 1. The number of hydrogen-bond acceptors (Lipinski definition) is 3. The number of carbonyl (C=O) groups is 1. The first kappa shape index (κ1) is 26.2. The number of benzene rings is 1. The predicted molar refractivity (Wildman–Crippen MR) is 145 cm³/mol. The smallest absolute Gasteiger partial charge is 0.436 e. The molecule has 0 aliphatic heterocycles. The molecule has 0 aliphatic carbocycles. The summed E-state index contributed by atoms with van der Waals surface area (Å²) >= 11 is 0. The van der Waals surface area contributed by atoms with E-state index >= 15 is 0 Å². The summed E-state index contributed by atoms with van der Waals surface area (Å²) in [5.74, 6) is 0.145. The van der Waals surface area contributed by atoms with Gasteiger partial charge in [-0.1, -0.05) is 50.1 Å². The molecule has 0 bridgehead atoms. The van der Waals surface area contributed by atoms with E-state index in [0.29, 0.717) is 5.56 Å². The summed E-state index contributed by atoms with van der Waals surface area (Å²) in [6, 6.07) is 9.92. The normalized spacial score (nSPS) is 12.9. The lowest BCUT2D eigenvalue weighted by molar-refractivity contribution is 0.0604. The Hall–Kier alpha value is -3.41. The van der Waals surface area contributed by atoms with Crippen LogP contribution in [0.1, 0.15) is 82.7 Å². The number of hydrogen-bond donors (Lipinski definition) is 1. The molecule has 0 saturated heterocycles. The predicted octanol–water partition coefficient (Wildman–Crippen LogP) is 7.02. The van der Waals surface area contributed by atoms with Gasteiger partial charge >= 0.3 is 6.09 Å². The standard InChI is InChI=1S/C29H38N4O2/c1-7-9-10-11-22(8-2)26-20(3)33(25-16-17-31-18-24(25)26)19-21-12-14-23(15-13-21)27(30)32-28(34)35-29(4,5)6/h8,12-18H,7,9-11,19H2,1-6H3,(H2,30,32,34). The summed E-state index contributed by atoms with van der Waals surface area (Å²) in [6.07, 6.45) is 10.1. The van der Waals surface area contributed by atoms with Crippen molar-refractivity contribution in [2.45, 2.75) is 79.4 Å². The second-order valence-electron chi connectivity index (χ2n) is 9.88. The lowest BCUT2D eigenvalue weighted by Gasteiger charge is -2.17. The van der Waals surface area contributed by atoms with Crippen molar-refractivity contribution in [2.75, 3.05) is 0 Å². The number of amidine groups is 1. The minimum absolute atomic E-state index is 0.145. The van der Waals surface area contributed by atoms with Gasteiger partial charge in [-0.2, -0.15) is 4.99 Å². The maximum atomic E-state index is 12.0. The average Bonchev–Trinajstić information content (AvgIpc) is 3.07. The van der Waals surface area contributed by atoms with E-state index in [1.807, 2.05) is 36.7 Å². The summed E-state index contributed by atoms with van der Waals surface area (Å²) < 4.78 is 7.58. The zero-order valence-corrected chi connectivity index (χ0v) is 21.9. The van der Waals surface area contributed by atoms with E-state index in [1.165, 1.54) is 47.0 Å². The SMILES string of the molecule is CC=C(CCCCC)c1c(C)n(Cc2ccc(C(N)=NC(=O)OC(C)(C)C)cc2)c2ccncc12. The molecule has 0 saturated carbocycles. The van der Waals surface area contributed by atoms with Gasteiger partial charge in [0.15, 0.2) is 0 Å². The quantitative estimate of drug-likeness (QED) is 0.216. The third-order valence-electron chi connectivity index (χ3n) is 6.04. The van der Waals surface area contributed by atoms with Gasteiger partial charge in [0.2, 0.25) is 0 Å². The number of nitrogens with two attached hydrogens (primary N) is 1. The van der Waals surface area contributed by atoms with Gasteiger partial charge in [-0.3, -0.25) is 4.98 Å². The van der Waals surface area contributed by atoms with Crippen molar-refractivity contribution in [1.29, 1.82) is 0 Å². The minimum Gasteiger partial charge on any atom is -0.442 e. The van der Waals surface area contributed by atoms with E-state index < -0.39 is 11.7 Å². The first-order valence-electron chi connectivity index (χ1n) is 12.4. The molecule has 3 aromatic rings. The van der Waals surface area contributed by atoms with Crippen LogP contribution in [-0.2, 0) is 11.3 Å². The van der Waals surface area contributed by atoms with Crippen LogP contribution in [0.4, 0.5) is 4.79 Å². The third kappa shape index (κ3) is 6.59. The van der Waals surface area contributed by atoms with E-state index in [4.69, 9.17) is 10.5 Å². The summed E-state index contributed by atoms with van der Waals surface area (Å²) in [6.45, 7) is 12.7. The summed E-state index contributed by atoms with van der Waals surface area (Å²) in [5.41, 5.74) is 12.4. The highest BCUT2D eigenvalue weighted by atomic mass is 16.6. The first-order chi connectivity index (χ1) is 16.6. The number of ether oxygens (including phenoxy) is 1. The zero-order valence-electron chi connectivity index (χ0n) is 21.9. The van der Waals surface area contributed by atoms with Gasteiger partial charge in [0.1, 0.15) is 11.4 Å². The van der Waals surface area contributed by atoms with E-state index in [1.54, 1.807) is 20.8 Å². The van der Waals surface area contributed by atoms with Crippen molar-refractivity contribution < 1.29 is 9.53 Å². The summed E-state index contributed by atoms with van der Waals surface area (Å²) in [7, 11) is 0. The van der Waals surface area contributed by atoms with Gasteiger partial charge in [-0.15, -0.1) is 0 Å². The molecule has 35 heavy (non-hydrogen) atoms. The Labute approximate surface area is 208 Å². The summed E-state index contributed by atoms with van der Waals surface area (Å²) in [4.78, 5) is 20.3. The third-order valence-corrected chi connectivity index (χ3v) is 6.04. The molecule has 186 valence electrons. The second-order valence-corrected chi connectivity index (χ2v) is 9.88. The number of fused-ring (bicyclic) bond motifs is 1. The van der Waals surface area contributed by atoms with Crippen molar-refractivity contribution >= 4 is 28.4 Å². The van der Waals surface area contributed by atoms with Crippen molar-refractivity contribution in [3.63, 3.8) is 0 Å². The van der Waals surface area contributed by atoms with Gasteiger partial charge in [-0.05, 0) is 64.7 Å². The maximum Gasteiger partial charge on any atom is 0.436 e. The van der Waals surface area contributed by atoms with Gasteiger partial charge < -0.3 is 15.0 Å². The number of allylic oxidation sites excluding steroid dienone is 2. The van der Waals surface area contributed by atoms with Crippen molar-refractivity contribution in [1.82, 2.24) is 9.55 Å². The van der Waals surface area contributed by atoms with Crippen LogP contribution in [0.25, 0.3) is 16.5 Å². The number of rotatable bonds is 8. The molecule has 0 unspecified atom stereocenters. The fourth-order valence-electron chi connectivity index (χ4n) is 4.32. The number of aromatic nitrogens is 2. The fourth-order valence-corrected chi connectivity index (χ4v) is 4.32. The molecule has 0 aliphatic rings. The Kier molecular flexibility index (Phi) is 8.49. The zero-order chi connectivity index (χ0) is 25.6. The van der Waals surface area contributed by atoms with Crippen LogP contribution in [0.15, 0.2) is 53.8 Å². The van der Waals surface area contributed by atoms with Crippen LogP contribution in [0, 0.1) is 6.92 Å². The maximum absolute atomic E-state index is 12.0. The number of aliphatic imine (C=N–C) groups is 1.